The van der Waals surface area contributed by atoms with Crippen LogP contribution < -0.4 is 10.6 Å². The maximum Gasteiger partial charge on any atom is 0.286 e. The standard InChI is InChI=1S/C26H28N4O3S/c1-18-16-21(19(2)30(18)14-12-20-8-4-3-5-9-20)22-17-34-26(28-22)29-24(31)11-6-13-27-25(32)23-10-7-15-33-23/h3-5,7-10,15-17H,6,11-14H2,1-2H3,(H,27,32)(H,28,29,31). The minimum absolute atomic E-state index is 0.124. The fourth-order valence-corrected chi connectivity index (χ4v) is 4.60. The molecule has 0 aliphatic heterocycles. The molecule has 0 bridgehead atoms. The molecule has 0 fully saturated rings. The van der Waals surface area contributed by atoms with Crippen LogP contribution in [0.2, 0.25) is 0 Å². The predicted octanol–water partition coefficient (Wildman–Crippen LogP) is 5.21. The lowest BCUT2D eigenvalue weighted by molar-refractivity contribution is -0.116. The first-order chi connectivity index (χ1) is 16.5. The molecule has 4 rings (SSSR count). The van der Waals surface area contributed by atoms with Gasteiger partial charge in [0.1, 0.15) is 0 Å². The van der Waals surface area contributed by atoms with E-state index in [0.717, 1.165) is 24.2 Å². The summed E-state index contributed by atoms with van der Waals surface area (Å²) in [7, 11) is 0. The van der Waals surface area contributed by atoms with Crippen LogP contribution in [0.3, 0.4) is 0 Å². The Hall–Kier alpha value is -3.65. The number of anilines is 1. The van der Waals surface area contributed by atoms with E-state index in [2.05, 4.69) is 64.4 Å². The Morgan fingerprint density at radius 1 is 1.12 bits per heavy atom. The number of aryl methyl sites for hydroxylation is 2. The number of benzene rings is 1. The molecule has 0 saturated heterocycles. The van der Waals surface area contributed by atoms with Gasteiger partial charge in [0.15, 0.2) is 10.9 Å². The zero-order valence-corrected chi connectivity index (χ0v) is 20.2. The molecular formula is C26H28N4O3S. The van der Waals surface area contributed by atoms with Crippen LogP contribution in [-0.4, -0.2) is 27.9 Å². The molecule has 0 aliphatic rings. The van der Waals surface area contributed by atoms with Crippen molar-refractivity contribution in [2.24, 2.45) is 0 Å². The van der Waals surface area contributed by atoms with Gasteiger partial charge in [-0.1, -0.05) is 30.3 Å². The molecule has 2 N–H and O–H groups in total. The van der Waals surface area contributed by atoms with Crippen LogP contribution in [0.5, 0.6) is 0 Å². The van der Waals surface area contributed by atoms with Gasteiger partial charge in [-0.2, -0.15) is 0 Å². The average molecular weight is 477 g/mol. The largest absolute Gasteiger partial charge is 0.459 e. The van der Waals surface area contributed by atoms with E-state index in [1.807, 2.05) is 11.4 Å². The van der Waals surface area contributed by atoms with Crippen molar-refractivity contribution in [3.8, 4) is 11.3 Å². The number of nitrogens with one attached hydrogen (secondary N) is 2. The Labute approximate surface area is 202 Å². The lowest BCUT2D eigenvalue weighted by Crippen LogP contribution is -2.25. The van der Waals surface area contributed by atoms with Crippen molar-refractivity contribution in [2.75, 3.05) is 11.9 Å². The third-order valence-electron chi connectivity index (χ3n) is 5.68. The second-order valence-corrected chi connectivity index (χ2v) is 8.95. The first kappa shape index (κ1) is 23.5. The lowest BCUT2D eigenvalue weighted by atomic mass is 10.1. The summed E-state index contributed by atoms with van der Waals surface area (Å²) in [5, 5.41) is 8.15. The van der Waals surface area contributed by atoms with E-state index in [9.17, 15) is 9.59 Å². The Balaban J connectivity index is 1.29. The highest BCUT2D eigenvalue weighted by atomic mass is 32.1. The van der Waals surface area contributed by atoms with Crippen molar-refractivity contribution >= 4 is 28.3 Å². The maximum absolute atomic E-state index is 12.3. The zero-order valence-electron chi connectivity index (χ0n) is 19.3. The van der Waals surface area contributed by atoms with Crippen LogP contribution >= 0.6 is 11.3 Å². The van der Waals surface area contributed by atoms with Crippen LogP contribution in [0.15, 0.2) is 64.6 Å². The SMILES string of the molecule is Cc1cc(-c2csc(NC(=O)CCCNC(=O)c3ccco3)n2)c(C)n1CCc1ccccc1. The van der Waals surface area contributed by atoms with E-state index in [1.54, 1.807) is 12.1 Å². The minimum atomic E-state index is -0.281. The molecule has 0 radical (unpaired) electrons. The van der Waals surface area contributed by atoms with Crippen LogP contribution in [0, 0.1) is 13.8 Å². The lowest BCUT2D eigenvalue weighted by Gasteiger charge is -2.09. The number of hydrogen-bond donors (Lipinski definition) is 2. The molecule has 0 atom stereocenters. The molecule has 0 unspecified atom stereocenters. The molecule has 0 spiro atoms. The van der Waals surface area contributed by atoms with Gasteiger partial charge >= 0.3 is 0 Å². The van der Waals surface area contributed by atoms with Crippen molar-refractivity contribution in [1.29, 1.82) is 0 Å². The van der Waals surface area contributed by atoms with Gasteiger partial charge in [-0.15, -0.1) is 11.3 Å². The summed E-state index contributed by atoms with van der Waals surface area (Å²) in [6, 6.07) is 15.9. The fraction of sp³-hybridized carbons (Fsp3) is 0.269. The zero-order chi connectivity index (χ0) is 23.9. The predicted molar refractivity (Wildman–Crippen MR) is 134 cm³/mol. The van der Waals surface area contributed by atoms with E-state index in [4.69, 9.17) is 4.42 Å². The summed E-state index contributed by atoms with van der Waals surface area (Å²) in [5.41, 5.74) is 5.63. The summed E-state index contributed by atoms with van der Waals surface area (Å²) in [6.07, 6.45) is 3.24. The first-order valence-corrected chi connectivity index (χ1v) is 12.2. The molecule has 3 aromatic heterocycles. The normalized spacial score (nSPS) is 10.9. The molecule has 176 valence electrons. The average Bonchev–Trinajstić information content (AvgIpc) is 3.58. The van der Waals surface area contributed by atoms with Crippen molar-refractivity contribution in [3.63, 3.8) is 0 Å². The number of carbonyl (C=O) groups is 2. The third-order valence-corrected chi connectivity index (χ3v) is 6.44. The number of furan rings is 1. The van der Waals surface area contributed by atoms with Crippen molar-refractivity contribution in [3.05, 3.63) is 82.9 Å². The molecule has 3 heterocycles. The maximum atomic E-state index is 12.3. The van der Waals surface area contributed by atoms with E-state index < -0.39 is 0 Å². The van der Waals surface area contributed by atoms with E-state index in [0.29, 0.717) is 24.5 Å². The highest BCUT2D eigenvalue weighted by Gasteiger charge is 2.15. The Morgan fingerprint density at radius 3 is 2.71 bits per heavy atom. The third kappa shape index (κ3) is 5.82. The van der Waals surface area contributed by atoms with Gasteiger partial charge in [0.05, 0.1) is 12.0 Å². The summed E-state index contributed by atoms with van der Waals surface area (Å²) in [4.78, 5) is 28.8. The number of rotatable bonds is 10. The van der Waals surface area contributed by atoms with Gasteiger partial charge in [0, 0.05) is 41.8 Å². The molecular weight excluding hydrogens is 448 g/mol. The summed E-state index contributed by atoms with van der Waals surface area (Å²) in [5.74, 6) is -0.142. The highest BCUT2D eigenvalue weighted by Crippen LogP contribution is 2.30. The monoisotopic (exact) mass is 476 g/mol. The summed E-state index contributed by atoms with van der Waals surface area (Å²) < 4.78 is 7.36. The smallest absolute Gasteiger partial charge is 0.286 e. The number of hydrogen-bond acceptors (Lipinski definition) is 5. The molecule has 4 aromatic rings. The Bertz CT molecular complexity index is 1240. The Morgan fingerprint density at radius 2 is 1.94 bits per heavy atom. The van der Waals surface area contributed by atoms with Gasteiger partial charge in [-0.3, -0.25) is 9.59 Å². The molecule has 34 heavy (non-hydrogen) atoms. The molecule has 0 aliphatic carbocycles. The van der Waals surface area contributed by atoms with Crippen LogP contribution in [0.4, 0.5) is 5.13 Å². The summed E-state index contributed by atoms with van der Waals surface area (Å²) in [6.45, 7) is 5.53. The summed E-state index contributed by atoms with van der Waals surface area (Å²) >= 11 is 1.41. The van der Waals surface area contributed by atoms with Crippen molar-refractivity contribution in [2.45, 2.75) is 39.7 Å². The Kier molecular flexibility index (Phi) is 7.59. The van der Waals surface area contributed by atoms with Gasteiger partial charge in [-0.25, -0.2) is 4.98 Å². The fourth-order valence-electron chi connectivity index (χ4n) is 3.87. The van der Waals surface area contributed by atoms with E-state index >= 15 is 0 Å². The molecule has 1 aromatic carbocycles. The second-order valence-electron chi connectivity index (χ2n) is 8.09. The number of thiazole rings is 1. The minimum Gasteiger partial charge on any atom is -0.459 e. The number of carbonyl (C=O) groups excluding carboxylic acids is 2. The number of aromatic nitrogens is 2. The molecule has 8 heteroatoms. The van der Waals surface area contributed by atoms with Crippen molar-refractivity contribution in [1.82, 2.24) is 14.9 Å². The molecule has 2 amide bonds. The van der Waals surface area contributed by atoms with Gasteiger partial charge in [-0.05, 0) is 50.5 Å². The molecule has 0 saturated carbocycles. The van der Waals surface area contributed by atoms with Gasteiger partial charge in [0.25, 0.3) is 5.91 Å². The first-order valence-electron chi connectivity index (χ1n) is 11.3. The van der Waals surface area contributed by atoms with Crippen LogP contribution in [-0.2, 0) is 17.8 Å². The topological polar surface area (TPSA) is 89.2 Å². The van der Waals surface area contributed by atoms with Gasteiger partial charge in [0.2, 0.25) is 5.91 Å². The highest BCUT2D eigenvalue weighted by molar-refractivity contribution is 7.14. The number of nitrogens with zero attached hydrogens (tertiary/aromatic N) is 2. The molecule has 7 nitrogen and oxygen atoms in total. The number of amides is 2. The van der Waals surface area contributed by atoms with Crippen LogP contribution in [0.25, 0.3) is 11.3 Å². The van der Waals surface area contributed by atoms with E-state index in [1.165, 1.54) is 34.6 Å². The quantitative estimate of drug-likeness (QED) is 0.307. The van der Waals surface area contributed by atoms with Gasteiger partial charge < -0.3 is 19.6 Å². The van der Waals surface area contributed by atoms with E-state index in [-0.39, 0.29) is 17.6 Å². The second kappa shape index (κ2) is 11.0. The van der Waals surface area contributed by atoms with Crippen molar-refractivity contribution < 1.29 is 14.0 Å². The van der Waals surface area contributed by atoms with Crippen LogP contribution in [0.1, 0.15) is 40.3 Å².